The zero-order valence-electron chi connectivity index (χ0n) is 14.7. The van der Waals surface area contributed by atoms with E-state index in [4.69, 9.17) is 14.6 Å². The van der Waals surface area contributed by atoms with Gasteiger partial charge in [0.25, 0.3) is 0 Å². The molecule has 1 saturated heterocycles. The number of aliphatic hydroxyl groups excluding tert-OH is 3. The fourth-order valence-electron chi connectivity index (χ4n) is 2.74. The third-order valence-electron chi connectivity index (χ3n) is 4.35. The van der Waals surface area contributed by atoms with Crippen LogP contribution in [0.2, 0.25) is 0 Å². The second-order valence-corrected chi connectivity index (χ2v) is 8.27. The predicted octanol–water partition coefficient (Wildman–Crippen LogP) is -0.504. The van der Waals surface area contributed by atoms with Gasteiger partial charge in [-0.2, -0.15) is 0 Å². The van der Waals surface area contributed by atoms with Gasteiger partial charge in [0.2, 0.25) is 16.1 Å². The van der Waals surface area contributed by atoms with Crippen LogP contribution in [0.25, 0.3) is 0 Å². The van der Waals surface area contributed by atoms with Crippen LogP contribution in [0.15, 0.2) is 58.3 Å². The maximum atomic E-state index is 12.6. The van der Waals surface area contributed by atoms with E-state index in [0.29, 0.717) is 0 Å². The first-order chi connectivity index (χ1) is 13.6. The molecule has 29 heavy (non-hydrogen) atoms. The third-order valence-corrected chi connectivity index (χ3v) is 6.13. The number of hydrogen-bond donors (Lipinski definition) is 5. The van der Waals surface area contributed by atoms with Crippen LogP contribution in [0.5, 0.6) is 11.5 Å². The average Bonchev–Trinajstić information content (AvgIpc) is 2.69. The molecule has 0 saturated carbocycles. The van der Waals surface area contributed by atoms with Gasteiger partial charge in [-0.25, -0.2) is 13.2 Å². The smallest absolute Gasteiger partial charge is 0.335 e. The Morgan fingerprint density at radius 3 is 1.90 bits per heavy atom. The van der Waals surface area contributed by atoms with Gasteiger partial charge < -0.3 is 35.0 Å². The summed E-state index contributed by atoms with van der Waals surface area (Å²) in [5.74, 6) is -1.59. The molecular formula is C18H18O10S. The summed E-state index contributed by atoms with van der Waals surface area (Å²) in [6, 6.07) is 9.96. The number of ether oxygens (including phenoxy) is 2. The molecule has 11 heteroatoms. The summed E-state index contributed by atoms with van der Waals surface area (Å²) < 4.78 is 35.5. The number of hydrogen-bond acceptors (Lipinski definition) is 9. The number of rotatable bonds is 5. The van der Waals surface area contributed by atoms with Crippen LogP contribution in [0.1, 0.15) is 0 Å². The molecule has 0 radical (unpaired) electrons. The normalized spacial score (nSPS) is 27.3. The molecule has 1 aliphatic heterocycles. The van der Waals surface area contributed by atoms with Gasteiger partial charge in [0.05, 0.1) is 9.79 Å². The molecule has 156 valence electrons. The molecule has 0 aromatic heterocycles. The van der Waals surface area contributed by atoms with E-state index in [1.165, 1.54) is 48.5 Å². The van der Waals surface area contributed by atoms with Crippen molar-refractivity contribution in [1.29, 1.82) is 0 Å². The summed E-state index contributed by atoms with van der Waals surface area (Å²) in [6.45, 7) is 0. The van der Waals surface area contributed by atoms with E-state index in [1.54, 1.807) is 0 Å². The van der Waals surface area contributed by atoms with E-state index in [9.17, 15) is 33.6 Å². The Hall–Kier alpha value is -2.70. The monoisotopic (exact) mass is 426 g/mol. The lowest BCUT2D eigenvalue weighted by atomic mass is 9.99. The summed E-state index contributed by atoms with van der Waals surface area (Å²) in [7, 11) is -3.85. The number of phenolic OH excluding ortho intramolecular Hbond substituents is 1. The first kappa shape index (κ1) is 21.0. The molecule has 2 aromatic rings. The molecule has 2 aromatic carbocycles. The van der Waals surface area contributed by atoms with Crippen LogP contribution in [-0.4, -0.2) is 70.6 Å². The second kappa shape index (κ2) is 7.97. The lowest BCUT2D eigenvalue weighted by molar-refractivity contribution is -0.271. The zero-order valence-corrected chi connectivity index (χ0v) is 15.5. The van der Waals surface area contributed by atoms with Gasteiger partial charge >= 0.3 is 5.97 Å². The first-order valence-corrected chi connectivity index (χ1v) is 9.83. The maximum absolute atomic E-state index is 12.6. The summed E-state index contributed by atoms with van der Waals surface area (Å²) in [6.07, 6.45) is -8.81. The van der Waals surface area contributed by atoms with Crippen LogP contribution in [0.3, 0.4) is 0 Å². The highest BCUT2D eigenvalue weighted by atomic mass is 32.2. The van der Waals surface area contributed by atoms with Crippen molar-refractivity contribution in [3.05, 3.63) is 48.5 Å². The lowest BCUT2D eigenvalue weighted by Gasteiger charge is -2.38. The van der Waals surface area contributed by atoms with Crippen LogP contribution < -0.4 is 4.74 Å². The molecule has 1 heterocycles. The molecule has 3 rings (SSSR count). The topological polar surface area (TPSA) is 171 Å². The Bertz CT molecular complexity index is 971. The number of carbonyl (C=O) groups is 1. The second-order valence-electron chi connectivity index (χ2n) is 6.32. The third kappa shape index (κ3) is 4.18. The molecule has 1 fully saturated rings. The standard InChI is InChI=1S/C18H18O10S/c19-9-1-5-11(6-2-9)29(25,26)12-7-3-10(4-8-12)27-18-15(22)13(20)14(21)16(28-18)17(23)24/h1-8,13-16,18-22H,(H,23,24)/t13-,14-,15+,16-,18+/m0/s1. The largest absolute Gasteiger partial charge is 0.508 e. The Morgan fingerprint density at radius 2 is 1.38 bits per heavy atom. The minimum absolute atomic E-state index is 0.0311. The van der Waals surface area contributed by atoms with Crippen molar-refractivity contribution in [3.63, 3.8) is 0 Å². The highest BCUT2D eigenvalue weighted by molar-refractivity contribution is 7.91. The molecule has 10 nitrogen and oxygen atoms in total. The molecule has 0 spiro atoms. The fraction of sp³-hybridized carbons (Fsp3) is 0.278. The Kier molecular flexibility index (Phi) is 5.78. The van der Waals surface area contributed by atoms with Gasteiger partial charge in [0.1, 0.15) is 29.8 Å². The van der Waals surface area contributed by atoms with E-state index >= 15 is 0 Å². The highest BCUT2D eigenvalue weighted by Gasteiger charge is 2.48. The maximum Gasteiger partial charge on any atom is 0.335 e. The number of benzene rings is 2. The van der Waals surface area contributed by atoms with E-state index in [1.807, 2.05) is 0 Å². The van der Waals surface area contributed by atoms with E-state index in [-0.39, 0.29) is 21.3 Å². The van der Waals surface area contributed by atoms with Crippen molar-refractivity contribution in [2.24, 2.45) is 0 Å². The Labute approximate surface area is 165 Å². The number of aliphatic carboxylic acids is 1. The van der Waals surface area contributed by atoms with Gasteiger partial charge in [0, 0.05) is 0 Å². The Morgan fingerprint density at radius 1 is 0.862 bits per heavy atom. The van der Waals surface area contributed by atoms with Crippen LogP contribution >= 0.6 is 0 Å². The minimum atomic E-state index is -3.85. The zero-order chi connectivity index (χ0) is 21.3. The highest BCUT2D eigenvalue weighted by Crippen LogP contribution is 2.27. The fourth-order valence-corrected chi connectivity index (χ4v) is 4.00. The summed E-state index contributed by atoms with van der Waals surface area (Å²) in [4.78, 5) is 11.0. The van der Waals surface area contributed by atoms with Gasteiger partial charge in [-0.15, -0.1) is 0 Å². The van der Waals surface area contributed by atoms with Crippen molar-refractivity contribution in [2.75, 3.05) is 0 Å². The molecule has 0 unspecified atom stereocenters. The molecule has 0 amide bonds. The molecule has 0 bridgehead atoms. The predicted molar refractivity (Wildman–Crippen MR) is 94.9 cm³/mol. The van der Waals surface area contributed by atoms with Crippen LogP contribution in [0.4, 0.5) is 0 Å². The number of phenols is 1. The molecule has 5 N–H and O–H groups in total. The van der Waals surface area contributed by atoms with Crippen molar-refractivity contribution in [2.45, 2.75) is 40.5 Å². The summed E-state index contributed by atoms with van der Waals surface area (Å²) in [5, 5.41) is 47.7. The molecule has 1 aliphatic rings. The minimum Gasteiger partial charge on any atom is -0.508 e. The van der Waals surface area contributed by atoms with E-state index in [2.05, 4.69) is 0 Å². The first-order valence-electron chi connectivity index (χ1n) is 8.34. The van der Waals surface area contributed by atoms with Crippen molar-refractivity contribution in [3.8, 4) is 11.5 Å². The molecule has 5 atom stereocenters. The summed E-state index contributed by atoms with van der Waals surface area (Å²) >= 11 is 0. The van der Waals surface area contributed by atoms with Gasteiger partial charge in [-0.05, 0) is 48.5 Å². The number of carboxylic acids is 1. The SMILES string of the molecule is O=C(O)[C@H]1O[C@@H](Oc2ccc(S(=O)(=O)c3ccc(O)cc3)cc2)[C@H](O)[C@@H](O)[C@@H]1O. The Balaban J connectivity index is 1.78. The van der Waals surface area contributed by atoms with Crippen LogP contribution in [-0.2, 0) is 19.4 Å². The number of aliphatic hydroxyl groups is 3. The molecule has 0 aliphatic carbocycles. The lowest BCUT2D eigenvalue weighted by Crippen LogP contribution is -2.61. The molecular weight excluding hydrogens is 408 g/mol. The van der Waals surface area contributed by atoms with Gasteiger partial charge in [0.15, 0.2) is 6.10 Å². The van der Waals surface area contributed by atoms with Crippen molar-refractivity contribution in [1.82, 2.24) is 0 Å². The van der Waals surface area contributed by atoms with Gasteiger partial charge in [-0.1, -0.05) is 0 Å². The quantitative estimate of drug-likeness (QED) is 0.420. The van der Waals surface area contributed by atoms with E-state index < -0.39 is 46.5 Å². The average molecular weight is 426 g/mol. The van der Waals surface area contributed by atoms with Crippen molar-refractivity contribution < 1.29 is 48.2 Å². The van der Waals surface area contributed by atoms with Gasteiger partial charge in [-0.3, -0.25) is 0 Å². The van der Waals surface area contributed by atoms with Crippen LogP contribution in [0, 0.1) is 0 Å². The van der Waals surface area contributed by atoms with Crippen molar-refractivity contribution >= 4 is 15.8 Å². The number of aromatic hydroxyl groups is 1. The van der Waals surface area contributed by atoms with E-state index in [0.717, 1.165) is 0 Å². The summed E-state index contributed by atoms with van der Waals surface area (Å²) in [5.41, 5.74) is 0. The number of carboxylic acid groups (broad SMARTS) is 1. The number of sulfone groups is 1.